The fourth-order valence-corrected chi connectivity index (χ4v) is 2.25. The standard InChI is InChI=1S/C13H16N4O/c1-10-11(6-9-18-10)15-12-4-2-3-5-13(12)17-8-7-14-16-17/h2-5,7-8,10-11,15H,6,9H2,1H3. The van der Waals surface area contributed by atoms with Gasteiger partial charge in [0, 0.05) is 6.61 Å². The van der Waals surface area contributed by atoms with E-state index in [-0.39, 0.29) is 6.10 Å². The number of nitrogens with one attached hydrogen (secondary N) is 1. The molecule has 2 atom stereocenters. The molecule has 0 bridgehead atoms. The molecule has 1 N–H and O–H groups in total. The zero-order valence-electron chi connectivity index (χ0n) is 10.3. The molecular weight excluding hydrogens is 228 g/mol. The maximum Gasteiger partial charge on any atom is 0.0894 e. The summed E-state index contributed by atoms with van der Waals surface area (Å²) in [7, 11) is 0. The molecule has 5 heteroatoms. The number of ether oxygens (including phenoxy) is 1. The molecule has 1 aliphatic heterocycles. The SMILES string of the molecule is CC1OCCC1Nc1ccccc1-n1ccnn1. The number of benzene rings is 1. The second-order valence-electron chi connectivity index (χ2n) is 4.48. The van der Waals surface area contributed by atoms with Gasteiger partial charge < -0.3 is 10.1 Å². The molecular formula is C13H16N4O. The van der Waals surface area contributed by atoms with Gasteiger partial charge in [0.15, 0.2) is 0 Å². The lowest BCUT2D eigenvalue weighted by Crippen LogP contribution is -2.27. The van der Waals surface area contributed by atoms with Crippen molar-refractivity contribution in [3.8, 4) is 5.69 Å². The Morgan fingerprint density at radius 1 is 1.39 bits per heavy atom. The predicted octanol–water partition coefficient (Wildman–Crippen LogP) is 1.86. The first kappa shape index (κ1) is 11.2. The summed E-state index contributed by atoms with van der Waals surface area (Å²) < 4.78 is 7.34. The highest BCUT2D eigenvalue weighted by Gasteiger charge is 2.24. The van der Waals surface area contributed by atoms with E-state index in [0.717, 1.165) is 24.4 Å². The lowest BCUT2D eigenvalue weighted by Gasteiger charge is -2.19. The molecule has 1 fully saturated rings. The average Bonchev–Trinajstić information content (AvgIpc) is 3.03. The Bertz CT molecular complexity index is 511. The van der Waals surface area contributed by atoms with Crippen molar-refractivity contribution in [1.82, 2.24) is 15.0 Å². The van der Waals surface area contributed by atoms with Crippen molar-refractivity contribution in [3.63, 3.8) is 0 Å². The van der Waals surface area contributed by atoms with Crippen molar-refractivity contribution in [3.05, 3.63) is 36.7 Å². The fourth-order valence-electron chi connectivity index (χ4n) is 2.25. The van der Waals surface area contributed by atoms with Gasteiger partial charge in [-0.1, -0.05) is 17.3 Å². The van der Waals surface area contributed by atoms with E-state index in [2.05, 4.69) is 28.6 Å². The van der Waals surface area contributed by atoms with Crippen LogP contribution in [0.1, 0.15) is 13.3 Å². The molecule has 0 saturated carbocycles. The van der Waals surface area contributed by atoms with Crippen molar-refractivity contribution in [2.45, 2.75) is 25.5 Å². The minimum Gasteiger partial charge on any atom is -0.378 e. The molecule has 3 rings (SSSR count). The third-order valence-electron chi connectivity index (χ3n) is 3.29. The summed E-state index contributed by atoms with van der Waals surface area (Å²) in [5.41, 5.74) is 2.07. The molecule has 1 aromatic heterocycles. The van der Waals surface area contributed by atoms with Gasteiger partial charge in [-0.3, -0.25) is 0 Å². The number of nitrogens with zero attached hydrogens (tertiary/aromatic N) is 3. The van der Waals surface area contributed by atoms with E-state index in [0.29, 0.717) is 6.04 Å². The number of rotatable bonds is 3. The topological polar surface area (TPSA) is 52.0 Å². The molecule has 0 spiro atoms. The van der Waals surface area contributed by atoms with Crippen LogP contribution in [0, 0.1) is 0 Å². The minimum atomic E-state index is 0.244. The van der Waals surface area contributed by atoms with Crippen molar-refractivity contribution in [1.29, 1.82) is 0 Å². The Labute approximate surface area is 106 Å². The van der Waals surface area contributed by atoms with Gasteiger partial charge in [0.25, 0.3) is 0 Å². The van der Waals surface area contributed by atoms with Gasteiger partial charge in [0.05, 0.1) is 35.9 Å². The largest absolute Gasteiger partial charge is 0.378 e. The maximum absolute atomic E-state index is 5.57. The second kappa shape index (κ2) is 4.78. The molecule has 1 saturated heterocycles. The van der Waals surface area contributed by atoms with Gasteiger partial charge in [-0.25, -0.2) is 4.68 Å². The first-order valence-electron chi connectivity index (χ1n) is 6.18. The van der Waals surface area contributed by atoms with Gasteiger partial charge in [-0.2, -0.15) is 0 Å². The first-order chi connectivity index (χ1) is 8.84. The van der Waals surface area contributed by atoms with Crippen molar-refractivity contribution in [2.24, 2.45) is 0 Å². The Balaban J connectivity index is 1.88. The van der Waals surface area contributed by atoms with Crippen LogP contribution >= 0.6 is 0 Å². The second-order valence-corrected chi connectivity index (χ2v) is 4.48. The molecule has 2 heterocycles. The molecule has 0 radical (unpaired) electrons. The van der Waals surface area contributed by atoms with Crippen LogP contribution in [0.2, 0.25) is 0 Å². The zero-order chi connectivity index (χ0) is 12.4. The highest BCUT2D eigenvalue weighted by Crippen LogP contribution is 2.23. The van der Waals surface area contributed by atoms with E-state index in [1.54, 1.807) is 10.9 Å². The molecule has 1 aromatic carbocycles. The van der Waals surface area contributed by atoms with E-state index < -0.39 is 0 Å². The summed E-state index contributed by atoms with van der Waals surface area (Å²) in [5.74, 6) is 0. The van der Waals surface area contributed by atoms with Crippen LogP contribution in [-0.4, -0.2) is 33.7 Å². The molecule has 0 amide bonds. The summed E-state index contributed by atoms with van der Waals surface area (Å²) in [6, 6.07) is 8.45. The van der Waals surface area contributed by atoms with Gasteiger partial charge in [-0.05, 0) is 25.5 Å². The molecule has 94 valence electrons. The van der Waals surface area contributed by atoms with Gasteiger partial charge in [0.2, 0.25) is 0 Å². The van der Waals surface area contributed by atoms with E-state index >= 15 is 0 Å². The quantitative estimate of drug-likeness (QED) is 0.895. The van der Waals surface area contributed by atoms with E-state index in [4.69, 9.17) is 4.74 Å². The fraction of sp³-hybridized carbons (Fsp3) is 0.385. The molecule has 1 aliphatic rings. The first-order valence-corrected chi connectivity index (χ1v) is 6.18. The maximum atomic E-state index is 5.57. The normalized spacial score (nSPS) is 23.2. The smallest absolute Gasteiger partial charge is 0.0894 e. The Hall–Kier alpha value is -1.88. The highest BCUT2D eigenvalue weighted by atomic mass is 16.5. The van der Waals surface area contributed by atoms with Gasteiger partial charge in [0.1, 0.15) is 0 Å². The van der Waals surface area contributed by atoms with E-state index in [9.17, 15) is 0 Å². The van der Waals surface area contributed by atoms with Crippen molar-refractivity contribution < 1.29 is 4.74 Å². The molecule has 18 heavy (non-hydrogen) atoms. The number of para-hydroxylation sites is 2. The number of hydrogen-bond donors (Lipinski definition) is 1. The Morgan fingerprint density at radius 3 is 3.00 bits per heavy atom. The summed E-state index contributed by atoms with van der Waals surface area (Å²) in [4.78, 5) is 0. The monoisotopic (exact) mass is 244 g/mol. The Kier molecular flexibility index (Phi) is 2.98. The zero-order valence-corrected chi connectivity index (χ0v) is 10.3. The third-order valence-corrected chi connectivity index (χ3v) is 3.29. The third kappa shape index (κ3) is 2.09. The summed E-state index contributed by atoms with van der Waals surface area (Å²) >= 11 is 0. The van der Waals surface area contributed by atoms with Crippen LogP contribution in [0.25, 0.3) is 5.69 Å². The van der Waals surface area contributed by atoms with E-state index in [1.165, 1.54) is 0 Å². The molecule has 0 aliphatic carbocycles. The number of aromatic nitrogens is 3. The number of anilines is 1. The molecule has 5 nitrogen and oxygen atoms in total. The van der Waals surface area contributed by atoms with Crippen LogP contribution in [0.4, 0.5) is 5.69 Å². The summed E-state index contributed by atoms with van der Waals surface area (Å²) in [6.45, 7) is 2.92. The van der Waals surface area contributed by atoms with Crippen LogP contribution in [0.3, 0.4) is 0 Å². The van der Waals surface area contributed by atoms with Crippen LogP contribution in [-0.2, 0) is 4.74 Å². The predicted molar refractivity (Wildman–Crippen MR) is 68.8 cm³/mol. The van der Waals surface area contributed by atoms with Gasteiger partial charge >= 0.3 is 0 Å². The summed E-state index contributed by atoms with van der Waals surface area (Å²) in [6.07, 6.45) is 4.80. The minimum absolute atomic E-state index is 0.244. The van der Waals surface area contributed by atoms with Crippen LogP contribution in [0.5, 0.6) is 0 Å². The van der Waals surface area contributed by atoms with Crippen molar-refractivity contribution >= 4 is 5.69 Å². The van der Waals surface area contributed by atoms with Crippen molar-refractivity contribution in [2.75, 3.05) is 11.9 Å². The lowest BCUT2D eigenvalue weighted by atomic mass is 10.1. The lowest BCUT2D eigenvalue weighted by molar-refractivity contribution is 0.121. The molecule has 2 aromatic rings. The van der Waals surface area contributed by atoms with Crippen LogP contribution < -0.4 is 5.32 Å². The highest BCUT2D eigenvalue weighted by molar-refractivity contribution is 5.61. The summed E-state index contributed by atoms with van der Waals surface area (Å²) in [5, 5.41) is 11.4. The average molecular weight is 244 g/mol. The van der Waals surface area contributed by atoms with E-state index in [1.807, 2.05) is 24.4 Å². The Morgan fingerprint density at radius 2 is 2.28 bits per heavy atom. The number of hydrogen-bond acceptors (Lipinski definition) is 4. The van der Waals surface area contributed by atoms with Gasteiger partial charge in [-0.15, -0.1) is 5.10 Å². The molecule has 2 unspecified atom stereocenters. The van der Waals surface area contributed by atoms with Crippen LogP contribution in [0.15, 0.2) is 36.7 Å².